The lowest BCUT2D eigenvalue weighted by Crippen LogP contribution is -2.26. The molecule has 0 aliphatic heterocycles. The molecule has 4 heteroatoms. The van der Waals surface area contributed by atoms with Crippen LogP contribution in [0.2, 0.25) is 0 Å². The summed E-state index contributed by atoms with van der Waals surface area (Å²) in [6.07, 6.45) is 2.18. The first-order valence-electron chi connectivity index (χ1n) is 4.44. The Balaban J connectivity index is 3.85. The summed E-state index contributed by atoms with van der Waals surface area (Å²) < 4.78 is 5.06. The van der Waals surface area contributed by atoms with Gasteiger partial charge in [-0.3, -0.25) is 9.59 Å². The number of hydrogen-bond donors (Lipinski definition) is 0. The van der Waals surface area contributed by atoms with Crippen LogP contribution in [0.1, 0.15) is 27.2 Å². The summed E-state index contributed by atoms with van der Waals surface area (Å²) in [4.78, 5) is 22.8. The Morgan fingerprint density at radius 2 is 2.07 bits per heavy atom. The maximum atomic E-state index is 11.2. The van der Waals surface area contributed by atoms with Crippen LogP contribution in [0.15, 0.2) is 12.8 Å². The molecule has 14 heavy (non-hydrogen) atoms. The molecule has 0 saturated carbocycles. The second-order valence-corrected chi connectivity index (χ2v) is 3.86. The quantitative estimate of drug-likeness (QED) is 0.495. The predicted molar refractivity (Wildman–Crippen MR) is 53.4 cm³/mol. The van der Waals surface area contributed by atoms with Crippen LogP contribution in [0.3, 0.4) is 0 Å². The molecule has 0 aromatic rings. The fourth-order valence-corrected chi connectivity index (χ4v) is 0.800. The third-order valence-corrected chi connectivity index (χ3v) is 1.36. The highest BCUT2D eigenvalue weighted by atomic mass is 16.6. The van der Waals surface area contributed by atoms with Gasteiger partial charge in [0.1, 0.15) is 5.60 Å². The van der Waals surface area contributed by atoms with Gasteiger partial charge in [-0.05, 0) is 27.0 Å². The Hall–Kier alpha value is -1.32. The van der Waals surface area contributed by atoms with E-state index in [1.807, 2.05) is 0 Å². The van der Waals surface area contributed by atoms with Crippen LogP contribution < -0.4 is 0 Å². The van der Waals surface area contributed by atoms with Gasteiger partial charge in [0.05, 0.1) is 6.42 Å². The van der Waals surface area contributed by atoms with Crippen LogP contribution >= 0.6 is 0 Å². The van der Waals surface area contributed by atoms with E-state index in [4.69, 9.17) is 4.74 Å². The minimum absolute atomic E-state index is 0.183. The van der Waals surface area contributed by atoms with Crippen molar-refractivity contribution in [2.24, 2.45) is 0 Å². The zero-order chi connectivity index (χ0) is 11.2. The molecular formula is C10H17NO3. The molecule has 0 radical (unpaired) electrons. The summed E-state index contributed by atoms with van der Waals surface area (Å²) >= 11 is 0. The molecule has 0 aliphatic rings. The van der Waals surface area contributed by atoms with Crippen LogP contribution in [0.4, 0.5) is 0 Å². The number of rotatable bonds is 5. The van der Waals surface area contributed by atoms with E-state index in [1.165, 1.54) is 11.1 Å². The standard InChI is InChI=1S/C10H17NO3/c1-5-11(8-12)7-6-9(13)14-10(2,3)4/h5,8H,1,6-7H2,2-4H3. The first-order valence-corrected chi connectivity index (χ1v) is 4.44. The van der Waals surface area contributed by atoms with E-state index in [0.717, 1.165) is 0 Å². The molecule has 1 amide bonds. The zero-order valence-corrected chi connectivity index (χ0v) is 8.95. The summed E-state index contributed by atoms with van der Waals surface area (Å²) in [6, 6.07) is 0. The Labute approximate surface area is 84.5 Å². The third kappa shape index (κ3) is 6.22. The van der Waals surface area contributed by atoms with Crippen LogP contribution in [0.25, 0.3) is 0 Å². The van der Waals surface area contributed by atoms with Crippen molar-refractivity contribution in [2.75, 3.05) is 6.54 Å². The van der Waals surface area contributed by atoms with Gasteiger partial charge in [0.15, 0.2) is 0 Å². The average Bonchev–Trinajstić information content (AvgIpc) is 2.03. The second kappa shape index (κ2) is 5.42. The topological polar surface area (TPSA) is 46.6 Å². The molecule has 0 aliphatic carbocycles. The van der Waals surface area contributed by atoms with E-state index in [9.17, 15) is 9.59 Å². The van der Waals surface area contributed by atoms with Crippen molar-refractivity contribution in [2.45, 2.75) is 32.8 Å². The van der Waals surface area contributed by atoms with Crippen molar-refractivity contribution in [1.29, 1.82) is 0 Å². The SMILES string of the molecule is C=CN(C=O)CCC(=O)OC(C)(C)C. The molecule has 0 heterocycles. The number of carbonyl (C=O) groups excluding carboxylic acids is 2. The molecule has 0 bridgehead atoms. The van der Waals surface area contributed by atoms with E-state index >= 15 is 0 Å². The van der Waals surface area contributed by atoms with E-state index in [-0.39, 0.29) is 12.4 Å². The van der Waals surface area contributed by atoms with Crippen molar-refractivity contribution >= 4 is 12.4 Å². The van der Waals surface area contributed by atoms with E-state index in [0.29, 0.717) is 13.0 Å². The number of carbonyl (C=O) groups is 2. The summed E-state index contributed by atoms with van der Waals surface area (Å²) in [7, 11) is 0. The van der Waals surface area contributed by atoms with Gasteiger partial charge in [-0.2, -0.15) is 0 Å². The number of amides is 1. The van der Waals surface area contributed by atoms with Gasteiger partial charge >= 0.3 is 5.97 Å². The van der Waals surface area contributed by atoms with Crippen molar-refractivity contribution in [3.8, 4) is 0 Å². The minimum Gasteiger partial charge on any atom is -0.460 e. The predicted octanol–water partition coefficient (Wildman–Crippen LogP) is 1.32. The molecule has 0 unspecified atom stereocenters. The first kappa shape index (κ1) is 12.7. The van der Waals surface area contributed by atoms with Gasteiger partial charge in [0.2, 0.25) is 6.41 Å². The highest BCUT2D eigenvalue weighted by molar-refractivity contribution is 5.70. The normalized spacial score (nSPS) is 10.5. The molecule has 0 atom stereocenters. The number of esters is 1. The second-order valence-electron chi connectivity index (χ2n) is 3.86. The van der Waals surface area contributed by atoms with E-state index in [2.05, 4.69) is 6.58 Å². The molecular weight excluding hydrogens is 182 g/mol. The molecule has 4 nitrogen and oxygen atoms in total. The maximum absolute atomic E-state index is 11.2. The van der Waals surface area contributed by atoms with Crippen LogP contribution in [-0.4, -0.2) is 29.4 Å². The number of ether oxygens (including phenoxy) is 1. The fraction of sp³-hybridized carbons (Fsp3) is 0.600. The number of nitrogens with zero attached hydrogens (tertiary/aromatic N) is 1. The van der Waals surface area contributed by atoms with Gasteiger partial charge in [-0.1, -0.05) is 6.58 Å². The van der Waals surface area contributed by atoms with Crippen LogP contribution in [0.5, 0.6) is 0 Å². The Kier molecular flexibility index (Phi) is 4.91. The van der Waals surface area contributed by atoms with Crippen molar-refractivity contribution in [1.82, 2.24) is 4.90 Å². The molecule has 0 aromatic carbocycles. The Morgan fingerprint density at radius 3 is 2.43 bits per heavy atom. The van der Waals surface area contributed by atoms with Gasteiger partial charge in [-0.25, -0.2) is 0 Å². The molecule has 0 N–H and O–H groups in total. The lowest BCUT2D eigenvalue weighted by Gasteiger charge is -2.20. The third-order valence-electron chi connectivity index (χ3n) is 1.36. The zero-order valence-electron chi connectivity index (χ0n) is 8.95. The summed E-state index contributed by atoms with van der Waals surface area (Å²) in [5.41, 5.74) is -0.475. The van der Waals surface area contributed by atoms with Crippen LogP contribution in [-0.2, 0) is 14.3 Å². The van der Waals surface area contributed by atoms with Crippen molar-refractivity contribution in [3.63, 3.8) is 0 Å². The molecule has 0 aromatic heterocycles. The fourth-order valence-electron chi connectivity index (χ4n) is 0.800. The van der Waals surface area contributed by atoms with E-state index in [1.54, 1.807) is 20.8 Å². The molecule has 80 valence electrons. The molecule has 0 rings (SSSR count). The van der Waals surface area contributed by atoms with Gasteiger partial charge in [-0.15, -0.1) is 0 Å². The van der Waals surface area contributed by atoms with Gasteiger partial charge < -0.3 is 9.64 Å². The highest BCUT2D eigenvalue weighted by Crippen LogP contribution is 2.08. The smallest absolute Gasteiger partial charge is 0.308 e. The monoisotopic (exact) mass is 199 g/mol. The molecule has 0 fully saturated rings. The largest absolute Gasteiger partial charge is 0.460 e. The maximum Gasteiger partial charge on any atom is 0.308 e. The number of hydrogen-bond acceptors (Lipinski definition) is 3. The Bertz CT molecular complexity index is 210. The van der Waals surface area contributed by atoms with Crippen molar-refractivity contribution in [3.05, 3.63) is 12.8 Å². The first-order chi connectivity index (χ1) is 6.39. The highest BCUT2D eigenvalue weighted by Gasteiger charge is 2.16. The molecule has 0 saturated heterocycles. The summed E-state index contributed by atoms with van der Waals surface area (Å²) in [5, 5.41) is 0. The van der Waals surface area contributed by atoms with Crippen LogP contribution in [0, 0.1) is 0 Å². The minimum atomic E-state index is -0.475. The van der Waals surface area contributed by atoms with Gasteiger partial charge in [0, 0.05) is 6.54 Å². The lowest BCUT2D eigenvalue weighted by molar-refractivity contribution is -0.155. The van der Waals surface area contributed by atoms with Crippen molar-refractivity contribution < 1.29 is 14.3 Å². The average molecular weight is 199 g/mol. The van der Waals surface area contributed by atoms with Gasteiger partial charge in [0.25, 0.3) is 0 Å². The summed E-state index contributed by atoms with van der Waals surface area (Å²) in [5.74, 6) is -0.314. The molecule has 0 spiro atoms. The lowest BCUT2D eigenvalue weighted by atomic mass is 10.2. The Morgan fingerprint density at radius 1 is 1.50 bits per heavy atom. The summed E-state index contributed by atoms with van der Waals surface area (Å²) in [6.45, 7) is 9.14. The van der Waals surface area contributed by atoms with E-state index < -0.39 is 5.60 Å².